The number of nitrogens with zero attached hydrogens (tertiary/aromatic N) is 2. The van der Waals surface area contributed by atoms with Gasteiger partial charge in [0.15, 0.2) is 0 Å². The second-order valence-electron chi connectivity index (χ2n) is 2.75. The molecule has 0 bridgehead atoms. The zero-order valence-corrected chi connectivity index (χ0v) is 7.82. The minimum Gasteiger partial charge on any atom is -0.383 e. The van der Waals surface area contributed by atoms with Crippen molar-refractivity contribution in [3.05, 3.63) is 23.9 Å². The van der Waals surface area contributed by atoms with Crippen LogP contribution in [-0.2, 0) is 4.79 Å². The first-order chi connectivity index (χ1) is 6.06. The number of nitriles is 1. The van der Waals surface area contributed by atoms with Gasteiger partial charge in [0.1, 0.15) is 0 Å². The van der Waals surface area contributed by atoms with E-state index in [1.807, 2.05) is 25.1 Å². The maximum atomic E-state index is 10.5. The molecule has 0 fully saturated rings. The van der Waals surface area contributed by atoms with Crippen molar-refractivity contribution in [1.82, 2.24) is 4.90 Å². The Morgan fingerprint density at radius 3 is 2.62 bits per heavy atom. The van der Waals surface area contributed by atoms with Gasteiger partial charge in [0.05, 0.1) is 12.5 Å². The van der Waals surface area contributed by atoms with Crippen LogP contribution in [0.1, 0.15) is 6.42 Å². The van der Waals surface area contributed by atoms with Crippen molar-refractivity contribution in [1.29, 1.82) is 5.26 Å². The lowest BCUT2D eigenvalue weighted by Crippen LogP contribution is -2.10. The number of hydrogen-bond donors (Lipinski definition) is 1. The Labute approximate surface area is 77.9 Å². The zero-order chi connectivity index (χ0) is 10.3. The maximum absolute atomic E-state index is 10.5. The van der Waals surface area contributed by atoms with Gasteiger partial charge in [0.25, 0.3) is 0 Å². The van der Waals surface area contributed by atoms with Crippen molar-refractivity contribution >= 4 is 5.91 Å². The van der Waals surface area contributed by atoms with Crippen LogP contribution in [0.3, 0.4) is 0 Å². The fourth-order valence-corrected chi connectivity index (χ4v) is 0.655. The summed E-state index contributed by atoms with van der Waals surface area (Å²) in [5.74, 6) is -0.494. The fourth-order valence-electron chi connectivity index (χ4n) is 0.655. The predicted octanol–water partition coefficient (Wildman–Crippen LogP) is 0.387. The van der Waals surface area contributed by atoms with Crippen LogP contribution < -0.4 is 5.73 Å². The molecule has 0 saturated carbocycles. The molecule has 4 heteroatoms. The van der Waals surface area contributed by atoms with E-state index in [1.54, 1.807) is 18.4 Å². The molecule has 0 aromatic rings. The van der Waals surface area contributed by atoms with Crippen molar-refractivity contribution < 1.29 is 4.79 Å². The number of nitrogens with two attached hydrogens (primary N) is 1. The number of carbonyl (C=O) groups is 1. The lowest BCUT2D eigenvalue weighted by Gasteiger charge is -2.01. The quantitative estimate of drug-likeness (QED) is 0.501. The van der Waals surface area contributed by atoms with Crippen molar-refractivity contribution in [3.8, 4) is 6.07 Å². The number of rotatable bonds is 4. The van der Waals surface area contributed by atoms with E-state index in [9.17, 15) is 4.79 Å². The summed E-state index contributed by atoms with van der Waals surface area (Å²) in [5, 5.41) is 8.57. The van der Waals surface area contributed by atoms with E-state index < -0.39 is 5.91 Å². The molecule has 4 nitrogen and oxygen atoms in total. The lowest BCUT2D eigenvalue weighted by molar-refractivity contribution is -0.117. The SMILES string of the molecule is CN(C)C=CC=C(C#N)CC(N)=O. The van der Waals surface area contributed by atoms with Crippen LogP contribution in [0.2, 0.25) is 0 Å². The molecule has 1 amide bonds. The van der Waals surface area contributed by atoms with E-state index in [0.717, 1.165) is 0 Å². The van der Waals surface area contributed by atoms with Crippen LogP contribution in [0.15, 0.2) is 23.9 Å². The van der Waals surface area contributed by atoms with Gasteiger partial charge in [-0.2, -0.15) is 5.26 Å². The summed E-state index contributed by atoms with van der Waals surface area (Å²) in [6, 6.07) is 1.90. The second kappa shape index (κ2) is 5.84. The Hall–Kier alpha value is -1.76. The molecule has 0 atom stereocenters. The summed E-state index contributed by atoms with van der Waals surface area (Å²) >= 11 is 0. The van der Waals surface area contributed by atoms with Gasteiger partial charge < -0.3 is 10.6 Å². The van der Waals surface area contributed by atoms with E-state index in [0.29, 0.717) is 5.57 Å². The molecule has 0 unspecified atom stereocenters. The summed E-state index contributed by atoms with van der Waals surface area (Å²) in [6.07, 6.45) is 5.04. The van der Waals surface area contributed by atoms with Crippen molar-refractivity contribution in [3.63, 3.8) is 0 Å². The van der Waals surface area contributed by atoms with Gasteiger partial charge in [-0.25, -0.2) is 0 Å². The standard InChI is InChI=1S/C9H13N3O/c1-12(2)5-3-4-8(7-10)6-9(11)13/h3-5H,6H2,1-2H3,(H2,11,13). The molecule has 0 aromatic carbocycles. The third kappa shape index (κ3) is 6.63. The zero-order valence-electron chi connectivity index (χ0n) is 7.82. The number of allylic oxidation sites excluding steroid dienone is 2. The summed E-state index contributed by atoms with van der Waals surface area (Å²) < 4.78 is 0. The van der Waals surface area contributed by atoms with Gasteiger partial charge in [-0.15, -0.1) is 0 Å². The van der Waals surface area contributed by atoms with Crippen LogP contribution in [0.5, 0.6) is 0 Å². The van der Waals surface area contributed by atoms with Crippen molar-refractivity contribution in [2.45, 2.75) is 6.42 Å². The smallest absolute Gasteiger partial charge is 0.222 e. The number of amides is 1. The molecule has 70 valence electrons. The topological polar surface area (TPSA) is 70.1 Å². The van der Waals surface area contributed by atoms with Crippen LogP contribution in [0.25, 0.3) is 0 Å². The van der Waals surface area contributed by atoms with Gasteiger partial charge in [0, 0.05) is 19.7 Å². The van der Waals surface area contributed by atoms with Gasteiger partial charge in [0.2, 0.25) is 5.91 Å². The minimum atomic E-state index is -0.494. The second-order valence-corrected chi connectivity index (χ2v) is 2.75. The molecule has 0 aliphatic heterocycles. The fraction of sp³-hybridized carbons (Fsp3) is 0.333. The first-order valence-corrected chi connectivity index (χ1v) is 3.78. The highest BCUT2D eigenvalue weighted by Gasteiger charge is 1.98. The molecule has 0 aromatic heterocycles. The first kappa shape index (κ1) is 11.2. The predicted molar refractivity (Wildman–Crippen MR) is 50.3 cm³/mol. The van der Waals surface area contributed by atoms with E-state index in [4.69, 9.17) is 11.0 Å². The van der Waals surface area contributed by atoms with Crippen molar-refractivity contribution in [2.24, 2.45) is 5.73 Å². The highest BCUT2D eigenvalue weighted by Crippen LogP contribution is 1.98. The highest BCUT2D eigenvalue weighted by atomic mass is 16.1. The largest absolute Gasteiger partial charge is 0.383 e. The lowest BCUT2D eigenvalue weighted by atomic mass is 10.2. The summed E-state index contributed by atoms with van der Waals surface area (Å²) in [4.78, 5) is 12.3. The Morgan fingerprint density at radius 2 is 2.23 bits per heavy atom. The summed E-state index contributed by atoms with van der Waals surface area (Å²) in [6.45, 7) is 0. The van der Waals surface area contributed by atoms with Crippen LogP contribution in [-0.4, -0.2) is 24.9 Å². The van der Waals surface area contributed by atoms with Crippen molar-refractivity contribution in [2.75, 3.05) is 14.1 Å². The molecule has 0 aliphatic carbocycles. The molecule has 0 saturated heterocycles. The molecule has 13 heavy (non-hydrogen) atoms. The molecular formula is C9H13N3O. The van der Waals surface area contributed by atoms with Gasteiger partial charge in [-0.3, -0.25) is 4.79 Å². The molecule has 0 spiro atoms. The maximum Gasteiger partial charge on any atom is 0.222 e. The third-order valence-corrected chi connectivity index (χ3v) is 1.19. The molecule has 0 heterocycles. The molecule has 2 N–H and O–H groups in total. The summed E-state index contributed by atoms with van der Waals surface area (Å²) in [7, 11) is 3.73. The number of carbonyl (C=O) groups excluding carboxylic acids is 1. The Kier molecular flexibility index (Phi) is 5.05. The Bertz CT molecular complexity index is 271. The van der Waals surface area contributed by atoms with Crippen LogP contribution in [0.4, 0.5) is 0 Å². The Morgan fingerprint density at radius 1 is 1.62 bits per heavy atom. The van der Waals surface area contributed by atoms with Crippen LogP contribution >= 0.6 is 0 Å². The monoisotopic (exact) mass is 179 g/mol. The summed E-state index contributed by atoms with van der Waals surface area (Å²) in [5.41, 5.74) is 5.30. The minimum absolute atomic E-state index is 0.00569. The molecule has 0 radical (unpaired) electrons. The average molecular weight is 179 g/mol. The first-order valence-electron chi connectivity index (χ1n) is 3.78. The van der Waals surface area contributed by atoms with E-state index >= 15 is 0 Å². The normalized spacial score (nSPS) is 11.3. The average Bonchev–Trinajstić information content (AvgIpc) is 2.01. The third-order valence-electron chi connectivity index (χ3n) is 1.19. The van der Waals surface area contributed by atoms with Gasteiger partial charge in [-0.05, 0) is 18.4 Å². The van der Waals surface area contributed by atoms with Crippen LogP contribution in [0, 0.1) is 11.3 Å². The number of hydrogen-bond acceptors (Lipinski definition) is 3. The molecular weight excluding hydrogens is 166 g/mol. The Balaban J connectivity index is 4.25. The van der Waals surface area contributed by atoms with Gasteiger partial charge >= 0.3 is 0 Å². The molecule has 0 aliphatic rings. The highest BCUT2D eigenvalue weighted by molar-refractivity contribution is 5.77. The van der Waals surface area contributed by atoms with Gasteiger partial charge in [-0.1, -0.05) is 0 Å². The van der Waals surface area contributed by atoms with E-state index in [-0.39, 0.29) is 6.42 Å². The molecule has 0 rings (SSSR count). The number of primary amides is 1. The van der Waals surface area contributed by atoms with E-state index in [2.05, 4.69) is 0 Å². The van der Waals surface area contributed by atoms with E-state index in [1.165, 1.54) is 0 Å².